The summed E-state index contributed by atoms with van der Waals surface area (Å²) in [6.45, 7) is 0. The van der Waals surface area contributed by atoms with Gasteiger partial charge in [-0.1, -0.05) is 30.3 Å². The van der Waals surface area contributed by atoms with E-state index < -0.39 is 5.97 Å². The molecule has 19 heavy (non-hydrogen) atoms. The predicted molar refractivity (Wildman–Crippen MR) is 71.7 cm³/mol. The van der Waals surface area contributed by atoms with Gasteiger partial charge in [-0.2, -0.15) is 5.26 Å². The fourth-order valence-electron chi connectivity index (χ4n) is 1.56. The topological polar surface area (TPSA) is 73.5 Å². The third-order valence-electron chi connectivity index (χ3n) is 2.51. The Morgan fingerprint density at radius 2 is 1.63 bits per heavy atom. The van der Waals surface area contributed by atoms with E-state index in [-0.39, 0.29) is 5.56 Å². The molecule has 0 bridgehead atoms. The van der Waals surface area contributed by atoms with Crippen molar-refractivity contribution < 1.29 is 9.90 Å². The smallest absolute Gasteiger partial charge is 0.335 e. The van der Waals surface area contributed by atoms with Crippen LogP contribution in [0.4, 0.5) is 5.69 Å². The number of benzene rings is 2. The molecule has 0 radical (unpaired) electrons. The minimum Gasteiger partial charge on any atom is -0.478 e. The standard InChI is InChI=1S/C15H10N2O2/c16-10-14(11-4-2-1-3-5-11)17-13-8-6-12(7-9-13)15(18)19/h1-9H,(H,18,19). The number of carboxylic acid groups (broad SMARTS) is 1. The normalized spacial score (nSPS) is 10.8. The Kier molecular flexibility index (Phi) is 3.70. The van der Waals surface area contributed by atoms with Gasteiger partial charge in [0.05, 0.1) is 11.3 Å². The van der Waals surface area contributed by atoms with Gasteiger partial charge in [0.25, 0.3) is 0 Å². The second-order valence-electron chi connectivity index (χ2n) is 3.79. The largest absolute Gasteiger partial charge is 0.478 e. The van der Waals surface area contributed by atoms with Crippen LogP contribution in [0.1, 0.15) is 15.9 Å². The zero-order chi connectivity index (χ0) is 13.7. The third-order valence-corrected chi connectivity index (χ3v) is 2.51. The van der Waals surface area contributed by atoms with Crippen LogP contribution in [0.15, 0.2) is 59.6 Å². The van der Waals surface area contributed by atoms with E-state index >= 15 is 0 Å². The molecule has 0 fully saturated rings. The number of nitrogens with zero attached hydrogens (tertiary/aromatic N) is 2. The molecule has 0 aliphatic carbocycles. The average Bonchev–Trinajstić information content (AvgIpc) is 2.46. The minimum absolute atomic E-state index is 0.192. The van der Waals surface area contributed by atoms with Crippen molar-refractivity contribution in [2.45, 2.75) is 0 Å². The summed E-state index contributed by atoms with van der Waals surface area (Å²) in [5.74, 6) is -0.987. The molecule has 2 aromatic rings. The van der Waals surface area contributed by atoms with Crippen LogP contribution in [0.5, 0.6) is 0 Å². The Morgan fingerprint density at radius 3 is 2.16 bits per heavy atom. The van der Waals surface area contributed by atoms with Gasteiger partial charge in [-0.3, -0.25) is 0 Å². The van der Waals surface area contributed by atoms with Gasteiger partial charge in [0.1, 0.15) is 11.8 Å². The number of hydrogen-bond donors (Lipinski definition) is 1. The first-order valence-electron chi connectivity index (χ1n) is 5.58. The molecule has 0 saturated heterocycles. The molecule has 0 amide bonds. The molecule has 92 valence electrons. The fourth-order valence-corrected chi connectivity index (χ4v) is 1.56. The highest BCUT2D eigenvalue weighted by Crippen LogP contribution is 2.15. The van der Waals surface area contributed by atoms with E-state index in [1.54, 1.807) is 24.3 Å². The maximum Gasteiger partial charge on any atom is 0.335 e. The van der Waals surface area contributed by atoms with Gasteiger partial charge in [-0.15, -0.1) is 0 Å². The molecule has 0 saturated carbocycles. The molecule has 2 aromatic carbocycles. The van der Waals surface area contributed by atoms with E-state index in [0.717, 1.165) is 5.56 Å². The highest BCUT2D eigenvalue weighted by Gasteiger charge is 2.04. The van der Waals surface area contributed by atoms with Gasteiger partial charge in [0.2, 0.25) is 0 Å². The Hall–Kier alpha value is -2.93. The summed E-state index contributed by atoms with van der Waals surface area (Å²) in [5.41, 5.74) is 1.76. The summed E-state index contributed by atoms with van der Waals surface area (Å²) >= 11 is 0. The summed E-state index contributed by atoms with van der Waals surface area (Å²) in [7, 11) is 0. The van der Waals surface area contributed by atoms with Gasteiger partial charge >= 0.3 is 5.97 Å². The first kappa shape index (κ1) is 12.5. The number of hydrogen-bond acceptors (Lipinski definition) is 3. The van der Waals surface area contributed by atoms with Crippen LogP contribution in [0.2, 0.25) is 0 Å². The van der Waals surface area contributed by atoms with Crippen LogP contribution < -0.4 is 0 Å². The van der Waals surface area contributed by atoms with E-state index in [1.165, 1.54) is 12.1 Å². The van der Waals surface area contributed by atoms with Crippen LogP contribution in [-0.2, 0) is 0 Å². The second kappa shape index (κ2) is 5.61. The van der Waals surface area contributed by atoms with Gasteiger partial charge in [-0.25, -0.2) is 9.79 Å². The van der Waals surface area contributed by atoms with Crippen LogP contribution >= 0.6 is 0 Å². The Bertz CT molecular complexity index is 653. The predicted octanol–water partition coefficient (Wildman–Crippen LogP) is 3.03. The molecule has 0 aliphatic rings. The number of carboxylic acids is 1. The molecule has 0 heterocycles. The molecular weight excluding hydrogens is 240 g/mol. The molecule has 1 N–H and O–H groups in total. The molecule has 4 nitrogen and oxygen atoms in total. The van der Waals surface area contributed by atoms with Gasteiger partial charge < -0.3 is 5.11 Å². The highest BCUT2D eigenvalue weighted by atomic mass is 16.4. The van der Waals surface area contributed by atoms with Crippen molar-refractivity contribution in [2.75, 3.05) is 0 Å². The highest BCUT2D eigenvalue weighted by molar-refractivity contribution is 6.12. The van der Waals surface area contributed by atoms with Crippen molar-refractivity contribution in [1.29, 1.82) is 5.26 Å². The molecule has 4 heteroatoms. The number of carbonyl (C=O) groups is 1. The van der Waals surface area contributed by atoms with Crippen LogP contribution in [0, 0.1) is 11.3 Å². The zero-order valence-electron chi connectivity index (χ0n) is 9.95. The van der Waals surface area contributed by atoms with E-state index in [4.69, 9.17) is 10.4 Å². The maximum atomic E-state index is 10.7. The van der Waals surface area contributed by atoms with Crippen molar-refractivity contribution >= 4 is 17.4 Å². The Balaban J connectivity index is 2.34. The van der Waals surface area contributed by atoms with Crippen molar-refractivity contribution in [3.8, 4) is 6.07 Å². The SMILES string of the molecule is N#CC(=Nc1ccc(C(=O)O)cc1)c1ccccc1. The first-order valence-corrected chi connectivity index (χ1v) is 5.58. The lowest BCUT2D eigenvalue weighted by Gasteiger charge is -1.99. The molecule has 0 spiro atoms. The van der Waals surface area contributed by atoms with Gasteiger partial charge in [0.15, 0.2) is 0 Å². The van der Waals surface area contributed by atoms with Gasteiger partial charge in [-0.05, 0) is 24.3 Å². The molecule has 0 aliphatic heterocycles. The van der Waals surface area contributed by atoms with Crippen molar-refractivity contribution in [3.63, 3.8) is 0 Å². The molecule has 0 atom stereocenters. The Labute approximate surface area is 110 Å². The summed E-state index contributed by atoms with van der Waals surface area (Å²) in [5, 5.41) is 17.9. The number of nitriles is 1. The summed E-state index contributed by atoms with van der Waals surface area (Å²) in [6.07, 6.45) is 0. The van der Waals surface area contributed by atoms with Crippen molar-refractivity contribution in [2.24, 2.45) is 4.99 Å². The first-order chi connectivity index (χ1) is 9.20. The molecule has 0 aromatic heterocycles. The van der Waals surface area contributed by atoms with Gasteiger partial charge in [0, 0.05) is 5.56 Å². The van der Waals surface area contributed by atoms with E-state index in [1.807, 2.05) is 24.3 Å². The lowest BCUT2D eigenvalue weighted by atomic mass is 10.1. The summed E-state index contributed by atoms with van der Waals surface area (Å²) in [6, 6.07) is 17.2. The average molecular weight is 250 g/mol. The fraction of sp³-hybridized carbons (Fsp3) is 0. The summed E-state index contributed by atoms with van der Waals surface area (Å²) in [4.78, 5) is 14.9. The Morgan fingerprint density at radius 1 is 1.00 bits per heavy atom. The number of aliphatic imine (C=N–C) groups is 1. The third kappa shape index (κ3) is 3.05. The maximum absolute atomic E-state index is 10.7. The number of rotatable bonds is 3. The lowest BCUT2D eigenvalue weighted by molar-refractivity contribution is 0.0697. The van der Waals surface area contributed by atoms with Crippen molar-refractivity contribution in [3.05, 3.63) is 65.7 Å². The van der Waals surface area contributed by atoms with Crippen LogP contribution in [-0.4, -0.2) is 16.8 Å². The van der Waals surface area contributed by atoms with E-state index in [2.05, 4.69) is 4.99 Å². The monoisotopic (exact) mass is 250 g/mol. The molecule has 0 unspecified atom stereocenters. The van der Waals surface area contributed by atoms with E-state index in [9.17, 15) is 4.79 Å². The number of aromatic carboxylic acids is 1. The molecular formula is C15H10N2O2. The second-order valence-corrected chi connectivity index (χ2v) is 3.79. The molecule has 2 rings (SSSR count). The van der Waals surface area contributed by atoms with Crippen molar-refractivity contribution in [1.82, 2.24) is 0 Å². The van der Waals surface area contributed by atoms with Crippen LogP contribution in [0.25, 0.3) is 0 Å². The van der Waals surface area contributed by atoms with Crippen LogP contribution in [0.3, 0.4) is 0 Å². The quantitative estimate of drug-likeness (QED) is 0.851. The zero-order valence-corrected chi connectivity index (χ0v) is 9.95. The van der Waals surface area contributed by atoms with E-state index in [0.29, 0.717) is 11.4 Å². The summed E-state index contributed by atoms with van der Waals surface area (Å²) < 4.78 is 0. The minimum atomic E-state index is -0.987. The lowest BCUT2D eigenvalue weighted by Crippen LogP contribution is -1.96.